The molecule has 0 spiro atoms. The average Bonchev–Trinajstić information content (AvgIpc) is 2.73. The zero-order valence-corrected chi connectivity index (χ0v) is 17.2. The number of Topliss-reactive ketones (excluding diaryl/α,β-unsaturated/α-hetero) is 1. The number of quaternary nitrogens is 1. The van der Waals surface area contributed by atoms with Gasteiger partial charge in [0.05, 0.1) is 51.2 Å². The molecule has 154 valence electrons. The van der Waals surface area contributed by atoms with Gasteiger partial charge in [0, 0.05) is 12.0 Å². The number of anilines is 2. The van der Waals surface area contributed by atoms with E-state index in [1.54, 1.807) is 29.2 Å². The summed E-state index contributed by atoms with van der Waals surface area (Å²) in [6, 6.07) is 15.1. The molecule has 1 aliphatic heterocycles. The third-order valence-electron chi connectivity index (χ3n) is 5.21. The van der Waals surface area contributed by atoms with Gasteiger partial charge in [-0.1, -0.05) is 12.1 Å². The first-order valence-electron chi connectivity index (χ1n) is 10.2. The first-order valence-corrected chi connectivity index (χ1v) is 10.2. The van der Waals surface area contributed by atoms with Crippen molar-refractivity contribution in [3.8, 4) is 5.75 Å². The van der Waals surface area contributed by atoms with Crippen molar-refractivity contribution in [3.63, 3.8) is 0 Å². The number of nitrogens with one attached hydrogen (secondary N) is 2. The number of rotatable bonds is 8. The van der Waals surface area contributed by atoms with Crippen molar-refractivity contribution >= 4 is 23.1 Å². The van der Waals surface area contributed by atoms with E-state index in [-0.39, 0.29) is 11.7 Å². The molecule has 3 rings (SSSR count). The number of hydrogen-bond acceptors (Lipinski definition) is 4. The van der Waals surface area contributed by atoms with E-state index in [9.17, 15) is 9.59 Å². The van der Waals surface area contributed by atoms with Crippen LogP contribution in [0.3, 0.4) is 0 Å². The Morgan fingerprint density at radius 3 is 2.45 bits per heavy atom. The van der Waals surface area contributed by atoms with Gasteiger partial charge in [-0.05, 0) is 49.7 Å². The van der Waals surface area contributed by atoms with Gasteiger partial charge in [-0.2, -0.15) is 0 Å². The molecule has 6 heteroatoms. The summed E-state index contributed by atoms with van der Waals surface area (Å²) in [5, 5.41) is 3.06. The molecule has 0 aromatic heterocycles. The Morgan fingerprint density at radius 1 is 1.07 bits per heavy atom. The summed E-state index contributed by atoms with van der Waals surface area (Å²) >= 11 is 0. The van der Waals surface area contributed by atoms with Crippen molar-refractivity contribution in [1.29, 1.82) is 0 Å². The molecule has 0 bridgehead atoms. The monoisotopic (exact) mass is 396 g/mol. The van der Waals surface area contributed by atoms with Crippen LogP contribution in [0.4, 0.5) is 11.4 Å². The Bertz CT molecular complexity index is 828. The van der Waals surface area contributed by atoms with Crippen LogP contribution < -0.4 is 19.9 Å². The lowest BCUT2D eigenvalue weighted by atomic mass is 10.1. The van der Waals surface area contributed by atoms with Crippen LogP contribution in [0.5, 0.6) is 5.75 Å². The van der Waals surface area contributed by atoms with Crippen molar-refractivity contribution in [3.05, 3.63) is 54.1 Å². The number of amides is 1. The Labute approximate surface area is 172 Å². The number of para-hydroxylation sites is 2. The number of carbonyl (C=O) groups is 2. The van der Waals surface area contributed by atoms with Gasteiger partial charge in [0.25, 0.3) is 0 Å². The second-order valence-electron chi connectivity index (χ2n) is 7.54. The number of ketones is 1. The van der Waals surface area contributed by atoms with Gasteiger partial charge in [0.2, 0.25) is 5.91 Å². The minimum absolute atomic E-state index is 0.00673. The highest BCUT2D eigenvalue weighted by atomic mass is 16.5. The fourth-order valence-corrected chi connectivity index (χ4v) is 3.41. The third-order valence-corrected chi connectivity index (χ3v) is 5.21. The molecule has 2 N–H and O–H groups in total. The summed E-state index contributed by atoms with van der Waals surface area (Å²) < 4.78 is 5.67. The Morgan fingerprint density at radius 2 is 1.76 bits per heavy atom. The van der Waals surface area contributed by atoms with Crippen LogP contribution in [0.2, 0.25) is 0 Å². The lowest BCUT2D eigenvalue weighted by molar-refractivity contribution is -0.880. The van der Waals surface area contributed by atoms with E-state index in [0.717, 1.165) is 37.6 Å². The van der Waals surface area contributed by atoms with Crippen LogP contribution >= 0.6 is 0 Å². The lowest BCUT2D eigenvalue weighted by Crippen LogP contribution is -3.12. The van der Waals surface area contributed by atoms with Gasteiger partial charge >= 0.3 is 0 Å². The van der Waals surface area contributed by atoms with Crippen molar-refractivity contribution in [2.75, 3.05) is 50.1 Å². The standard InChI is InChI=1S/C23H29N3O3/c1-18(27)19-9-11-20(12-10-19)29-17-5-8-23(28)24-21-6-3-4-7-22(21)26-15-13-25(2)14-16-26/h3-4,6-7,9-12H,5,8,13-17H2,1-2H3,(H,24,28)/p+1. The van der Waals surface area contributed by atoms with Crippen LogP contribution in [0, 0.1) is 0 Å². The smallest absolute Gasteiger partial charge is 0.224 e. The minimum Gasteiger partial charge on any atom is -0.494 e. The van der Waals surface area contributed by atoms with Gasteiger partial charge in [-0.25, -0.2) is 0 Å². The molecule has 1 amide bonds. The van der Waals surface area contributed by atoms with Gasteiger partial charge in [0.1, 0.15) is 5.75 Å². The van der Waals surface area contributed by atoms with E-state index < -0.39 is 0 Å². The Balaban J connectivity index is 1.45. The molecular formula is C23H30N3O3+. The van der Waals surface area contributed by atoms with E-state index in [0.29, 0.717) is 30.8 Å². The van der Waals surface area contributed by atoms with Crippen LogP contribution in [0.15, 0.2) is 48.5 Å². The van der Waals surface area contributed by atoms with Gasteiger partial charge in [0.15, 0.2) is 5.78 Å². The normalized spacial score (nSPS) is 14.5. The number of benzene rings is 2. The van der Waals surface area contributed by atoms with Crippen LogP contribution in [-0.4, -0.2) is 51.5 Å². The average molecular weight is 397 g/mol. The zero-order valence-electron chi connectivity index (χ0n) is 17.2. The van der Waals surface area contributed by atoms with Crippen LogP contribution in [0.25, 0.3) is 0 Å². The van der Waals surface area contributed by atoms with E-state index in [2.05, 4.69) is 23.3 Å². The maximum Gasteiger partial charge on any atom is 0.224 e. The largest absolute Gasteiger partial charge is 0.494 e. The highest BCUT2D eigenvalue weighted by molar-refractivity contribution is 5.94. The van der Waals surface area contributed by atoms with Crippen molar-refractivity contribution in [1.82, 2.24) is 0 Å². The molecule has 1 saturated heterocycles. The number of piperazine rings is 1. The summed E-state index contributed by atoms with van der Waals surface area (Å²) in [7, 11) is 2.21. The topological polar surface area (TPSA) is 63.1 Å². The fourth-order valence-electron chi connectivity index (χ4n) is 3.41. The maximum atomic E-state index is 12.4. The second kappa shape index (κ2) is 10.1. The SMILES string of the molecule is CC(=O)c1ccc(OCCCC(=O)Nc2ccccc2N2CC[NH+](C)CC2)cc1. The van der Waals surface area contributed by atoms with Crippen molar-refractivity contribution < 1.29 is 19.2 Å². The molecule has 0 saturated carbocycles. The van der Waals surface area contributed by atoms with Crippen LogP contribution in [0.1, 0.15) is 30.1 Å². The maximum absolute atomic E-state index is 12.4. The highest BCUT2D eigenvalue weighted by Crippen LogP contribution is 2.25. The molecule has 1 heterocycles. The molecule has 0 aliphatic carbocycles. The molecule has 6 nitrogen and oxygen atoms in total. The number of carbonyl (C=O) groups excluding carboxylic acids is 2. The molecule has 1 aliphatic rings. The quantitative estimate of drug-likeness (QED) is 0.529. The predicted octanol–water partition coefficient (Wildman–Crippen LogP) is 2.02. The number of likely N-dealkylation sites (N-methyl/N-ethyl adjacent to an activating group) is 1. The van der Waals surface area contributed by atoms with Crippen molar-refractivity contribution in [2.24, 2.45) is 0 Å². The molecular weight excluding hydrogens is 366 g/mol. The Kier molecular flexibility index (Phi) is 7.25. The second-order valence-corrected chi connectivity index (χ2v) is 7.54. The summed E-state index contributed by atoms with van der Waals surface area (Å²) in [6.07, 6.45) is 1.02. The van der Waals surface area contributed by atoms with Crippen LogP contribution in [-0.2, 0) is 4.79 Å². The third kappa shape index (κ3) is 6.06. The number of ether oxygens (including phenoxy) is 1. The summed E-state index contributed by atoms with van der Waals surface area (Å²) in [5.74, 6) is 0.733. The molecule has 29 heavy (non-hydrogen) atoms. The molecule has 2 aromatic rings. The lowest BCUT2D eigenvalue weighted by Gasteiger charge is -2.33. The van der Waals surface area contributed by atoms with E-state index in [4.69, 9.17) is 4.74 Å². The molecule has 0 radical (unpaired) electrons. The molecule has 0 unspecified atom stereocenters. The van der Waals surface area contributed by atoms with Crippen molar-refractivity contribution in [2.45, 2.75) is 19.8 Å². The zero-order chi connectivity index (χ0) is 20.6. The highest BCUT2D eigenvalue weighted by Gasteiger charge is 2.19. The minimum atomic E-state index is -0.00673. The Hall–Kier alpha value is -2.86. The summed E-state index contributed by atoms with van der Waals surface area (Å²) in [5.41, 5.74) is 2.63. The van der Waals surface area contributed by atoms with E-state index in [1.807, 2.05) is 18.2 Å². The molecule has 2 aromatic carbocycles. The van der Waals surface area contributed by atoms with Gasteiger partial charge in [-0.3, -0.25) is 9.59 Å². The first-order chi connectivity index (χ1) is 14.0. The number of hydrogen-bond donors (Lipinski definition) is 2. The first kappa shape index (κ1) is 20.9. The van der Waals surface area contributed by atoms with Gasteiger partial charge < -0.3 is 19.9 Å². The summed E-state index contributed by atoms with van der Waals surface area (Å²) in [6.45, 7) is 6.19. The van der Waals surface area contributed by atoms with E-state index in [1.165, 1.54) is 6.92 Å². The number of nitrogens with zero attached hydrogens (tertiary/aromatic N) is 1. The fraction of sp³-hybridized carbons (Fsp3) is 0.391. The molecule has 0 atom stereocenters. The summed E-state index contributed by atoms with van der Waals surface area (Å²) in [4.78, 5) is 27.6. The predicted molar refractivity (Wildman–Crippen MR) is 115 cm³/mol. The van der Waals surface area contributed by atoms with E-state index >= 15 is 0 Å². The van der Waals surface area contributed by atoms with Gasteiger partial charge in [-0.15, -0.1) is 0 Å². The molecule has 1 fully saturated rings.